The Morgan fingerprint density at radius 2 is 1.90 bits per heavy atom. The zero-order chi connectivity index (χ0) is 21.6. The van der Waals surface area contributed by atoms with Gasteiger partial charge in [0.25, 0.3) is 5.91 Å². The molecule has 2 aromatic rings. The predicted octanol–water partition coefficient (Wildman–Crippen LogP) is 2.53. The van der Waals surface area contributed by atoms with Gasteiger partial charge in [0.15, 0.2) is 6.10 Å². The van der Waals surface area contributed by atoms with Crippen molar-refractivity contribution in [1.29, 1.82) is 5.26 Å². The van der Waals surface area contributed by atoms with Crippen LogP contribution in [-0.2, 0) is 28.8 Å². The van der Waals surface area contributed by atoms with Crippen molar-refractivity contribution in [3.8, 4) is 11.9 Å². The average molecular weight is 421 g/mol. The third-order valence-electron chi connectivity index (χ3n) is 5.99. The lowest BCUT2D eigenvalue weighted by Gasteiger charge is -2.32. The lowest BCUT2D eigenvalue weighted by atomic mass is 9.89. The molecule has 1 aliphatic carbocycles. The monoisotopic (exact) mass is 420 g/mol. The number of aromatic nitrogens is 1. The summed E-state index contributed by atoms with van der Waals surface area (Å²) in [5.41, 5.74) is 9.34. The van der Waals surface area contributed by atoms with Gasteiger partial charge in [0.05, 0.1) is 13.2 Å². The predicted molar refractivity (Wildman–Crippen MR) is 117 cm³/mol. The number of rotatable bonds is 7. The fraction of sp³-hybridized carbons (Fsp3) is 0.458. The summed E-state index contributed by atoms with van der Waals surface area (Å²) in [5.74, 6) is 0.534. The van der Waals surface area contributed by atoms with E-state index >= 15 is 0 Å². The molecular formula is C24H28N4O3. The number of nitrogens with two attached hydrogens (primary N) is 1. The zero-order valence-electron chi connectivity index (χ0n) is 17.7. The van der Waals surface area contributed by atoms with E-state index in [-0.39, 0.29) is 5.88 Å². The summed E-state index contributed by atoms with van der Waals surface area (Å²) in [7, 11) is 0. The molecule has 2 heterocycles. The smallest absolute Gasteiger partial charge is 0.258 e. The Morgan fingerprint density at radius 1 is 1.19 bits per heavy atom. The Hall–Kier alpha value is -3.11. The van der Waals surface area contributed by atoms with Crippen molar-refractivity contribution in [2.24, 2.45) is 5.73 Å². The largest absolute Gasteiger partial charge is 0.463 e. The van der Waals surface area contributed by atoms with Crippen molar-refractivity contribution >= 4 is 11.7 Å². The van der Waals surface area contributed by atoms with Crippen molar-refractivity contribution in [1.82, 2.24) is 4.98 Å². The quantitative estimate of drug-likeness (QED) is 0.739. The molecule has 1 aliphatic heterocycles. The molecule has 1 unspecified atom stereocenters. The van der Waals surface area contributed by atoms with E-state index < -0.39 is 12.0 Å². The maximum Gasteiger partial charge on any atom is 0.258 e. The first-order valence-corrected chi connectivity index (χ1v) is 11.0. The molecule has 0 saturated carbocycles. The van der Waals surface area contributed by atoms with E-state index in [0.29, 0.717) is 31.6 Å². The van der Waals surface area contributed by atoms with E-state index in [1.807, 2.05) is 30.3 Å². The zero-order valence-corrected chi connectivity index (χ0v) is 17.7. The van der Waals surface area contributed by atoms with Crippen molar-refractivity contribution in [3.05, 3.63) is 52.6 Å². The summed E-state index contributed by atoms with van der Waals surface area (Å²) < 4.78 is 11.5. The van der Waals surface area contributed by atoms with Crippen LogP contribution >= 0.6 is 0 Å². The number of primary amides is 1. The lowest BCUT2D eigenvalue weighted by Crippen LogP contribution is -2.38. The Balaban J connectivity index is 1.65. The van der Waals surface area contributed by atoms with Gasteiger partial charge in [-0.05, 0) is 55.2 Å². The number of aryl methyl sites for hydroxylation is 1. The average Bonchev–Trinajstić information content (AvgIpc) is 2.82. The topological polar surface area (TPSA) is 101 Å². The van der Waals surface area contributed by atoms with Crippen LogP contribution in [0.15, 0.2) is 30.3 Å². The van der Waals surface area contributed by atoms with E-state index in [1.165, 1.54) is 0 Å². The van der Waals surface area contributed by atoms with Gasteiger partial charge in [0, 0.05) is 13.1 Å². The van der Waals surface area contributed by atoms with Gasteiger partial charge in [-0.3, -0.25) is 4.79 Å². The third kappa shape index (κ3) is 4.80. The van der Waals surface area contributed by atoms with E-state index in [0.717, 1.165) is 61.3 Å². The van der Waals surface area contributed by atoms with Crippen LogP contribution in [0.5, 0.6) is 5.88 Å². The number of morpholine rings is 1. The molecule has 7 heteroatoms. The van der Waals surface area contributed by atoms with Gasteiger partial charge in [-0.2, -0.15) is 10.2 Å². The van der Waals surface area contributed by atoms with E-state index in [4.69, 9.17) is 20.2 Å². The summed E-state index contributed by atoms with van der Waals surface area (Å²) in [5, 5.41) is 9.92. The molecule has 2 N–H and O–H groups in total. The van der Waals surface area contributed by atoms with E-state index in [1.54, 1.807) is 0 Å². The number of ether oxygens (including phenoxy) is 2. The number of anilines is 1. The molecule has 1 atom stereocenters. The van der Waals surface area contributed by atoms with Gasteiger partial charge in [0.1, 0.15) is 17.5 Å². The molecule has 1 aromatic carbocycles. The SMILES string of the molecule is N#Cc1c(OC(CCc2ccccc2)C(N)=O)nc(N2CCOCC2)c2c1CCCC2. The second-order valence-electron chi connectivity index (χ2n) is 8.02. The van der Waals surface area contributed by atoms with Crippen LogP contribution in [-0.4, -0.2) is 43.3 Å². The molecule has 1 fully saturated rings. The second kappa shape index (κ2) is 9.80. The van der Waals surface area contributed by atoms with Crippen molar-refractivity contribution in [2.75, 3.05) is 31.2 Å². The van der Waals surface area contributed by atoms with Crippen molar-refractivity contribution in [3.63, 3.8) is 0 Å². The van der Waals surface area contributed by atoms with Crippen LogP contribution in [0.1, 0.15) is 41.5 Å². The number of fused-ring (bicyclic) bond motifs is 1. The summed E-state index contributed by atoms with van der Waals surface area (Å²) in [4.78, 5) is 19.1. The van der Waals surface area contributed by atoms with Crippen LogP contribution in [0.25, 0.3) is 0 Å². The lowest BCUT2D eigenvalue weighted by molar-refractivity contribution is -0.125. The Morgan fingerprint density at radius 3 is 2.58 bits per heavy atom. The van der Waals surface area contributed by atoms with Crippen LogP contribution in [0, 0.1) is 11.3 Å². The third-order valence-corrected chi connectivity index (χ3v) is 5.99. The number of hydrogen-bond acceptors (Lipinski definition) is 6. The molecule has 1 aromatic heterocycles. The number of carbonyl (C=O) groups is 1. The Kier molecular flexibility index (Phi) is 6.68. The summed E-state index contributed by atoms with van der Waals surface area (Å²) in [6, 6.07) is 12.2. The molecule has 7 nitrogen and oxygen atoms in total. The van der Waals surface area contributed by atoms with Gasteiger partial charge >= 0.3 is 0 Å². The van der Waals surface area contributed by atoms with Gasteiger partial charge in [0.2, 0.25) is 5.88 Å². The number of nitriles is 1. The minimum atomic E-state index is -0.848. The van der Waals surface area contributed by atoms with Crippen molar-refractivity contribution < 1.29 is 14.3 Å². The van der Waals surface area contributed by atoms with Gasteiger partial charge in [-0.1, -0.05) is 30.3 Å². The van der Waals surface area contributed by atoms with Gasteiger partial charge in [-0.25, -0.2) is 0 Å². The van der Waals surface area contributed by atoms with Crippen molar-refractivity contribution in [2.45, 2.75) is 44.6 Å². The van der Waals surface area contributed by atoms with Crippen LogP contribution in [0.2, 0.25) is 0 Å². The summed E-state index contributed by atoms with van der Waals surface area (Å²) in [6.45, 7) is 2.79. The highest BCUT2D eigenvalue weighted by atomic mass is 16.5. The number of hydrogen-bond donors (Lipinski definition) is 1. The number of benzene rings is 1. The normalized spacial score (nSPS) is 16.8. The standard InChI is InChI=1S/C24H28N4O3/c25-16-20-18-8-4-5-9-19(18)23(28-12-14-30-15-13-28)27-24(20)31-21(22(26)29)11-10-17-6-2-1-3-7-17/h1-3,6-7,21H,4-5,8-15H2,(H2,26,29). The van der Waals surface area contributed by atoms with E-state index in [2.05, 4.69) is 11.0 Å². The van der Waals surface area contributed by atoms with E-state index in [9.17, 15) is 10.1 Å². The van der Waals surface area contributed by atoms with Crippen LogP contribution in [0.4, 0.5) is 5.82 Å². The highest BCUT2D eigenvalue weighted by Crippen LogP contribution is 2.36. The molecule has 4 rings (SSSR count). The van der Waals surface area contributed by atoms with Crippen LogP contribution < -0.4 is 15.4 Å². The number of carbonyl (C=O) groups excluding carboxylic acids is 1. The molecule has 1 saturated heterocycles. The molecule has 0 radical (unpaired) electrons. The summed E-state index contributed by atoms with van der Waals surface area (Å²) in [6.07, 6.45) is 4.06. The maximum atomic E-state index is 12.2. The van der Waals surface area contributed by atoms with Gasteiger partial charge in [-0.15, -0.1) is 0 Å². The second-order valence-corrected chi connectivity index (χ2v) is 8.02. The minimum Gasteiger partial charge on any atom is -0.463 e. The Labute approximate surface area is 182 Å². The fourth-order valence-electron chi connectivity index (χ4n) is 4.35. The first-order chi connectivity index (χ1) is 15.2. The first-order valence-electron chi connectivity index (χ1n) is 11.0. The van der Waals surface area contributed by atoms with Gasteiger partial charge < -0.3 is 20.1 Å². The molecular weight excluding hydrogens is 392 g/mol. The molecule has 0 spiro atoms. The minimum absolute atomic E-state index is 0.224. The number of pyridine rings is 1. The van der Waals surface area contributed by atoms with Crippen LogP contribution in [0.3, 0.4) is 0 Å². The maximum absolute atomic E-state index is 12.2. The molecule has 2 aliphatic rings. The number of amides is 1. The highest BCUT2D eigenvalue weighted by molar-refractivity contribution is 5.79. The first kappa shape index (κ1) is 21.1. The highest BCUT2D eigenvalue weighted by Gasteiger charge is 2.28. The fourth-order valence-corrected chi connectivity index (χ4v) is 4.35. The molecule has 0 bridgehead atoms. The number of nitrogens with zero attached hydrogens (tertiary/aromatic N) is 3. The summed E-state index contributed by atoms with van der Waals surface area (Å²) >= 11 is 0. The molecule has 31 heavy (non-hydrogen) atoms. The Bertz CT molecular complexity index is 965. The molecule has 162 valence electrons. The molecule has 1 amide bonds.